The topological polar surface area (TPSA) is 44.1 Å². The first-order chi connectivity index (χ1) is 5.08. The van der Waals surface area contributed by atoms with Gasteiger partial charge in [0.2, 0.25) is 0 Å². The van der Waals surface area contributed by atoms with Crippen LogP contribution >= 0.6 is 18.7 Å². The summed E-state index contributed by atoms with van der Waals surface area (Å²) in [5, 5.41) is 7.20. The van der Waals surface area contributed by atoms with Crippen LogP contribution in [-0.4, -0.2) is 4.89 Å². The Morgan fingerprint density at radius 3 is 2.36 bits per heavy atom. The van der Waals surface area contributed by atoms with E-state index in [0.29, 0.717) is 6.16 Å². The Balaban J connectivity index is 2.74. The molecule has 60 valence electrons. The molecule has 11 heavy (non-hydrogen) atoms. The van der Waals surface area contributed by atoms with Gasteiger partial charge in [0.25, 0.3) is 0 Å². The first-order valence-electron chi connectivity index (χ1n) is 3.20. The van der Waals surface area contributed by atoms with Crippen LogP contribution in [0.2, 0.25) is 0 Å². The van der Waals surface area contributed by atoms with E-state index in [0.717, 1.165) is 5.56 Å². The molecule has 0 aliphatic heterocycles. The van der Waals surface area contributed by atoms with Crippen molar-refractivity contribution in [3.63, 3.8) is 0 Å². The molecule has 0 aliphatic carbocycles. The third-order valence-corrected chi connectivity index (χ3v) is 2.48. The fourth-order valence-corrected chi connectivity index (χ4v) is 2.05. The van der Waals surface area contributed by atoms with Crippen molar-refractivity contribution in [1.82, 2.24) is 0 Å². The van der Waals surface area contributed by atoms with Crippen molar-refractivity contribution in [2.75, 3.05) is 0 Å². The summed E-state index contributed by atoms with van der Waals surface area (Å²) in [5.74, 6) is 0. The van der Waals surface area contributed by atoms with Crippen LogP contribution in [-0.2, 0) is 6.16 Å². The summed E-state index contributed by atoms with van der Waals surface area (Å²) in [6.45, 7) is -2.69. The van der Waals surface area contributed by atoms with E-state index < -0.39 is 6.48 Å². The fraction of sp³-hybridized carbons (Fsp3) is 0.143. The standard InChI is InChI=1S/C7H10NOPS/c8-10(9,11)6-7-4-2-1-3-5-7/h1-5H,6H2,(H3,8,9,11). The van der Waals surface area contributed by atoms with Gasteiger partial charge in [-0.3, -0.25) is 5.16 Å². The van der Waals surface area contributed by atoms with Crippen LogP contribution in [0.15, 0.2) is 30.3 Å². The highest BCUT2D eigenvalue weighted by atomic mass is 32.7. The second-order valence-electron chi connectivity index (χ2n) is 2.37. The summed E-state index contributed by atoms with van der Waals surface area (Å²) in [6, 6.07) is 9.45. The van der Waals surface area contributed by atoms with Crippen LogP contribution in [0.3, 0.4) is 0 Å². The molecule has 1 aromatic carbocycles. The van der Waals surface area contributed by atoms with E-state index in [2.05, 4.69) is 12.2 Å². The van der Waals surface area contributed by atoms with Gasteiger partial charge in [0.15, 0.2) is 0 Å². The van der Waals surface area contributed by atoms with Gasteiger partial charge in [-0.15, -0.1) is 12.2 Å². The Labute approximate surface area is 71.4 Å². The van der Waals surface area contributed by atoms with E-state index in [4.69, 9.17) is 10.1 Å². The van der Waals surface area contributed by atoms with E-state index in [1.165, 1.54) is 0 Å². The molecule has 1 rings (SSSR count). The quantitative estimate of drug-likeness (QED) is 0.483. The molecular weight excluding hydrogens is 177 g/mol. The molecule has 0 aromatic heterocycles. The zero-order chi connectivity index (χ0) is 8.32. The zero-order valence-electron chi connectivity index (χ0n) is 5.94. The highest BCUT2D eigenvalue weighted by Gasteiger charge is 2.05. The van der Waals surface area contributed by atoms with Crippen LogP contribution in [0.25, 0.3) is 0 Å². The Kier molecular flexibility index (Phi) is 2.77. The van der Waals surface area contributed by atoms with Crippen molar-refractivity contribution in [3.8, 4) is 0 Å². The molecule has 0 heterocycles. The highest BCUT2D eigenvalue weighted by Crippen LogP contribution is 2.49. The molecule has 2 N–H and O–H groups in total. The van der Waals surface area contributed by atoms with Gasteiger partial charge in [0.1, 0.15) is 6.48 Å². The summed E-state index contributed by atoms with van der Waals surface area (Å²) in [6.07, 6.45) is 0.358. The maximum atomic E-state index is 9.11. The summed E-state index contributed by atoms with van der Waals surface area (Å²) < 4.78 is 0. The molecule has 4 heteroatoms. The van der Waals surface area contributed by atoms with Gasteiger partial charge in [-0.25, -0.2) is 0 Å². The minimum absolute atomic E-state index is 0.358. The van der Waals surface area contributed by atoms with Crippen LogP contribution < -0.4 is 0 Å². The molecule has 0 saturated carbocycles. The molecule has 0 radical (unpaired) electrons. The highest BCUT2D eigenvalue weighted by molar-refractivity contribution is 8.46. The average molecular weight is 187 g/mol. The Morgan fingerprint density at radius 2 is 1.91 bits per heavy atom. The van der Waals surface area contributed by atoms with Gasteiger partial charge in [-0.1, -0.05) is 30.3 Å². The lowest BCUT2D eigenvalue weighted by molar-refractivity contribution is 0.625. The summed E-state index contributed by atoms with van der Waals surface area (Å²) in [4.78, 5) is 9.11. The minimum Gasteiger partial charge on any atom is -0.352 e. The first-order valence-corrected chi connectivity index (χ1v) is 6.28. The maximum Gasteiger partial charge on any atom is 0.135 e. The van der Waals surface area contributed by atoms with E-state index in [9.17, 15) is 0 Å². The van der Waals surface area contributed by atoms with Gasteiger partial charge in [0, 0.05) is 6.16 Å². The summed E-state index contributed by atoms with van der Waals surface area (Å²) >= 11 is 3.80. The number of nitrogens with one attached hydrogen (secondary N) is 1. The Bertz CT molecular complexity index is 269. The predicted molar refractivity (Wildman–Crippen MR) is 51.0 cm³/mol. The van der Waals surface area contributed by atoms with Crippen LogP contribution in [0, 0.1) is 5.16 Å². The number of benzene rings is 1. The van der Waals surface area contributed by atoms with Crippen molar-refractivity contribution in [2.45, 2.75) is 6.16 Å². The van der Waals surface area contributed by atoms with Crippen LogP contribution in [0.1, 0.15) is 5.56 Å². The molecule has 0 aliphatic rings. The molecular formula is C7H10NOPS. The third kappa shape index (κ3) is 3.61. The van der Waals surface area contributed by atoms with Gasteiger partial charge >= 0.3 is 0 Å². The van der Waals surface area contributed by atoms with Gasteiger partial charge < -0.3 is 4.89 Å². The second-order valence-corrected chi connectivity index (χ2v) is 6.14. The molecule has 0 saturated heterocycles. The lowest BCUT2D eigenvalue weighted by Crippen LogP contribution is -1.80. The van der Waals surface area contributed by atoms with Gasteiger partial charge in [-0.05, 0) is 5.56 Å². The molecule has 0 fully saturated rings. The van der Waals surface area contributed by atoms with Gasteiger partial charge in [0.05, 0.1) is 0 Å². The van der Waals surface area contributed by atoms with E-state index in [1.54, 1.807) is 0 Å². The Morgan fingerprint density at radius 1 is 1.36 bits per heavy atom. The Hall–Kier alpha value is -0.240. The predicted octanol–water partition coefficient (Wildman–Crippen LogP) is 2.72. The van der Waals surface area contributed by atoms with E-state index >= 15 is 0 Å². The molecule has 1 atom stereocenters. The summed E-state index contributed by atoms with van der Waals surface area (Å²) in [5.41, 5.74) is 0.966. The molecule has 0 spiro atoms. The largest absolute Gasteiger partial charge is 0.352 e. The first kappa shape index (κ1) is 8.85. The van der Waals surface area contributed by atoms with Crippen LogP contribution in [0.5, 0.6) is 0 Å². The lowest BCUT2D eigenvalue weighted by atomic mass is 10.2. The third-order valence-electron chi connectivity index (χ3n) is 1.25. The molecule has 0 bridgehead atoms. The van der Waals surface area contributed by atoms with Crippen molar-refractivity contribution in [1.29, 1.82) is 5.16 Å². The molecule has 1 unspecified atom stereocenters. The molecule has 1 aromatic rings. The van der Waals surface area contributed by atoms with Gasteiger partial charge in [-0.2, -0.15) is 0 Å². The number of thiol groups is 1. The maximum absolute atomic E-state index is 9.11. The van der Waals surface area contributed by atoms with Crippen molar-refractivity contribution >= 4 is 18.7 Å². The van der Waals surface area contributed by atoms with Crippen LogP contribution in [0.4, 0.5) is 0 Å². The fourth-order valence-electron chi connectivity index (χ4n) is 0.838. The average Bonchev–Trinajstić information content (AvgIpc) is 1.85. The summed E-state index contributed by atoms with van der Waals surface area (Å²) in [7, 11) is 0. The van der Waals surface area contributed by atoms with E-state index in [1.807, 2.05) is 30.3 Å². The lowest BCUT2D eigenvalue weighted by Gasteiger charge is -2.06. The number of rotatable bonds is 2. The van der Waals surface area contributed by atoms with Crippen molar-refractivity contribution < 1.29 is 4.89 Å². The minimum atomic E-state index is -2.69. The smallest absolute Gasteiger partial charge is 0.135 e. The van der Waals surface area contributed by atoms with E-state index in [-0.39, 0.29) is 0 Å². The van der Waals surface area contributed by atoms with Crippen molar-refractivity contribution in [3.05, 3.63) is 35.9 Å². The normalized spacial score (nSPS) is 15.8. The second kappa shape index (κ2) is 3.44. The zero-order valence-corrected chi connectivity index (χ0v) is 7.72. The number of hydrogen-bond acceptors (Lipinski definition) is 1. The molecule has 2 nitrogen and oxygen atoms in total. The number of hydrogen-bond donors (Lipinski definition) is 3. The molecule has 0 amide bonds. The van der Waals surface area contributed by atoms with Crippen molar-refractivity contribution in [2.24, 2.45) is 0 Å². The monoisotopic (exact) mass is 187 g/mol. The SMILES string of the molecule is N=P(O)(S)Cc1ccccc1.